The number of likely N-dealkylation sites (N-methyl/N-ethyl adjacent to an activating group) is 1. The summed E-state index contributed by atoms with van der Waals surface area (Å²) in [5, 5.41) is 6.83. The third kappa shape index (κ3) is 4.76. The van der Waals surface area contributed by atoms with E-state index >= 15 is 0 Å². The van der Waals surface area contributed by atoms with Crippen LogP contribution in [0.1, 0.15) is 17.3 Å². The molecule has 3 rings (SSSR count). The van der Waals surface area contributed by atoms with Gasteiger partial charge in [0.25, 0.3) is 0 Å². The quantitative estimate of drug-likeness (QED) is 0.600. The van der Waals surface area contributed by atoms with E-state index in [1.165, 1.54) is 38.2 Å². The van der Waals surface area contributed by atoms with Crippen LogP contribution in [0.2, 0.25) is 0 Å². The molecule has 29 heavy (non-hydrogen) atoms. The van der Waals surface area contributed by atoms with Crippen molar-refractivity contribution in [2.24, 2.45) is 0 Å². The van der Waals surface area contributed by atoms with Crippen molar-refractivity contribution in [3.05, 3.63) is 72.6 Å². The van der Waals surface area contributed by atoms with E-state index in [4.69, 9.17) is 0 Å². The maximum absolute atomic E-state index is 12.7. The molecule has 0 bridgehead atoms. The van der Waals surface area contributed by atoms with Gasteiger partial charge in [-0.2, -0.15) is 9.40 Å². The Balaban J connectivity index is 1.68. The highest BCUT2D eigenvalue weighted by Gasteiger charge is 2.23. The largest absolute Gasteiger partial charge is 0.325 e. The topological polar surface area (TPSA) is 101 Å². The number of benzene rings is 2. The number of sulfonamides is 1. The molecule has 2 aromatic carbocycles. The molecule has 0 atom stereocenters. The first kappa shape index (κ1) is 20.4. The summed E-state index contributed by atoms with van der Waals surface area (Å²) in [7, 11) is -2.54. The van der Waals surface area contributed by atoms with E-state index in [1.807, 2.05) is 6.07 Å². The number of amides is 1. The molecule has 0 aliphatic rings. The van der Waals surface area contributed by atoms with E-state index in [2.05, 4.69) is 10.4 Å². The fraction of sp³-hybridized carbons (Fsp3) is 0.150. The zero-order valence-electron chi connectivity index (χ0n) is 15.9. The fourth-order valence-electron chi connectivity index (χ4n) is 2.68. The Bertz CT molecular complexity index is 1120. The zero-order chi connectivity index (χ0) is 21.0. The number of nitrogens with one attached hydrogen (secondary N) is 1. The molecule has 0 spiro atoms. The normalized spacial score (nSPS) is 11.4. The van der Waals surface area contributed by atoms with E-state index in [0.29, 0.717) is 11.3 Å². The van der Waals surface area contributed by atoms with E-state index < -0.39 is 15.9 Å². The third-order valence-corrected chi connectivity index (χ3v) is 6.05. The van der Waals surface area contributed by atoms with Gasteiger partial charge in [-0.25, -0.2) is 13.1 Å². The first-order chi connectivity index (χ1) is 13.8. The molecule has 0 fully saturated rings. The van der Waals surface area contributed by atoms with Crippen molar-refractivity contribution in [3.63, 3.8) is 0 Å². The van der Waals surface area contributed by atoms with Gasteiger partial charge in [0, 0.05) is 30.7 Å². The van der Waals surface area contributed by atoms with Gasteiger partial charge in [-0.15, -0.1) is 0 Å². The lowest BCUT2D eigenvalue weighted by Crippen LogP contribution is -2.35. The molecule has 3 aromatic rings. The molecular formula is C20H20N4O4S. The molecule has 9 heteroatoms. The van der Waals surface area contributed by atoms with E-state index in [-0.39, 0.29) is 17.2 Å². The van der Waals surface area contributed by atoms with Crippen LogP contribution in [0, 0.1) is 0 Å². The van der Waals surface area contributed by atoms with Crippen molar-refractivity contribution in [1.29, 1.82) is 0 Å². The van der Waals surface area contributed by atoms with Gasteiger partial charge in [-0.1, -0.05) is 18.2 Å². The predicted octanol–water partition coefficient (Wildman–Crippen LogP) is 2.33. The first-order valence-corrected chi connectivity index (χ1v) is 10.2. The van der Waals surface area contributed by atoms with Gasteiger partial charge >= 0.3 is 0 Å². The van der Waals surface area contributed by atoms with Gasteiger partial charge in [-0.05, 0) is 43.3 Å². The number of carbonyl (C=O) groups is 2. The molecule has 0 unspecified atom stereocenters. The van der Waals surface area contributed by atoms with Gasteiger partial charge in [0.1, 0.15) is 0 Å². The Morgan fingerprint density at radius 2 is 1.83 bits per heavy atom. The van der Waals surface area contributed by atoms with E-state index in [0.717, 1.165) is 9.99 Å². The molecule has 1 aromatic heterocycles. The lowest BCUT2D eigenvalue weighted by atomic mass is 10.2. The Morgan fingerprint density at radius 1 is 1.10 bits per heavy atom. The van der Waals surface area contributed by atoms with Crippen molar-refractivity contribution < 1.29 is 18.0 Å². The maximum atomic E-state index is 12.7. The Hall–Kier alpha value is -3.30. The van der Waals surface area contributed by atoms with Crippen molar-refractivity contribution in [3.8, 4) is 5.69 Å². The number of carbonyl (C=O) groups excluding carboxylic acids is 2. The van der Waals surface area contributed by atoms with E-state index in [1.54, 1.807) is 41.3 Å². The molecule has 0 saturated carbocycles. The minimum absolute atomic E-state index is 0.0125. The van der Waals surface area contributed by atoms with Crippen molar-refractivity contribution in [1.82, 2.24) is 14.1 Å². The predicted molar refractivity (Wildman–Crippen MR) is 108 cm³/mol. The number of ketones is 1. The number of hydrogen-bond acceptors (Lipinski definition) is 5. The zero-order valence-corrected chi connectivity index (χ0v) is 16.8. The average Bonchev–Trinajstić information content (AvgIpc) is 3.23. The molecule has 8 nitrogen and oxygen atoms in total. The lowest BCUT2D eigenvalue weighted by molar-refractivity contribution is -0.116. The highest BCUT2D eigenvalue weighted by atomic mass is 32.2. The minimum atomic E-state index is -3.87. The summed E-state index contributed by atoms with van der Waals surface area (Å²) in [5.41, 5.74) is 1.71. The lowest BCUT2D eigenvalue weighted by Gasteiger charge is -2.17. The van der Waals surface area contributed by atoms with Gasteiger partial charge in [0.05, 0.1) is 17.1 Å². The summed E-state index contributed by atoms with van der Waals surface area (Å²) in [6, 6.07) is 14.4. The van der Waals surface area contributed by atoms with Crippen LogP contribution >= 0.6 is 0 Å². The molecule has 1 amide bonds. The first-order valence-electron chi connectivity index (χ1n) is 8.74. The molecule has 0 saturated heterocycles. The van der Waals surface area contributed by atoms with Crippen molar-refractivity contribution >= 4 is 27.4 Å². The summed E-state index contributed by atoms with van der Waals surface area (Å²) in [6.45, 7) is 1.05. The number of Topliss-reactive ketones (excluding diaryl/α,β-unsaturated/α-hetero) is 1. The molecular weight excluding hydrogens is 392 g/mol. The van der Waals surface area contributed by atoms with Crippen LogP contribution in [0.3, 0.4) is 0 Å². The second kappa shape index (κ2) is 8.38. The number of nitrogens with zero attached hydrogens (tertiary/aromatic N) is 3. The summed E-state index contributed by atoms with van der Waals surface area (Å²) in [5.74, 6) is -0.631. The van der Waals surface area contributed by atoms with Gasteiger partial charge in [0.2, 0.25) is 15.9 Å². The minimum Gasteiger partial charge on any atom is -0.325 e. The fourth-order valence-corrected chi connectivity index (χ4v) is 3.80. The van der Waals surface area contributed by atoms with Crippen LogP contribution in [0.25, 0.3) is 5.69 Å². The standard InChI is InChI=1S/C20H20N4O4S/c1-15(25)16-7-9-19(10-8-16)29(27,28)23(2)14-20(26)22-17-5-3-6-18(13-17)24-12-4-11-21-24/h3-13H,14H2,1-2H3,(H,22,26). The molecule has 0 aliphatic carbocycles. The van der Waals surface area contributed by atoms with Crippen LogP contribution in [-0.2, 0) is 14.8 Å². The number of aromatic nitrogens is 2. The van der Waals surface area contributed by atoms with Crippen LogP contribution in [0.5, 0.6) is 0 Å². The molecule has 150 valence electrons. The van der Waals surface area contributed by atoms with Gasteiger partial charge in [0.15, 0.2) is 5.78 Å². The summed E-state index contributed by atoms with van der Waals surface area (Å²) >= 11 is 0. The average molecular weight is 412 g/mol. The smallest absolute Gasteiger partial charge is 0.243 e. The highest BCUT2D eigenvalue weighted by molar-refractivity contribution is 7.89. The van der Waals surface area contributed by atoms with E-state index in [9.17, 15) is 18.0 Å². The van der Waals surface area contributed by atoms with Gasteiger partial charge < -0.3 is 5.32 Å². The number of hydrogen-bond donors (Lipinski definition) is 1. The molecule has 1 N–H and O–H groups in total. The van der Waals surface area contributed by atoms with Crippen molar-refractivity contribution in [2.45, 2.75) is 11.8 Å². The summed E-state index contributed by atoms with van der Waals surface area (Å²) < 4.78 is 27.9. The molecule has 0 aliphatic heterocycles. The Morgan fingerprint density at radius 3 is 2.45 bits per heavy atom. The van der Waals surface area contributed by atoms with Crippen LogP contribution in [-0.4, -0.2) is 47.8 Å². The van der Waals surface area contributed by atoms with Crippen LogP contribution in [0.15, 0.2) is 71.9 Å². The molecule has 0 radical (unpaired) electrons. The highest BCUT2D eigenvalue weighted by Crippen LogP contribution is 2.17. The summed E-state index contributed by atoms with van der Waals surface area (Å²) in [6.07, 6.45) is 3.42. The third-order valence-electron chi connectivity index (χ3n) is 4.23. The Kier molecular flexibility index (Phi) is 5.90. The van der Waals surface area contributed by atoms with Crippen LogP contribution in [0.4, 0.5) is 5.69 Å². The SMILES string of the molecule is CC(=O)c1ccc(S(=O)(=O)N(C)CC(=O)Nc2cccc(-n3cccn3)c2)cc1. The van der Waals surface area contributed by atoms with Crippen molar-refractivity contribution in [2.75, 3.05) is 18.9 Å². The number of anilines is 1. The number of rotatable bonds is 7. The molecule has 1 heterocycles. The second-order valence-electron chi connectivity index (χ2n) is 6.39. The monoisotopic (exact) mass is 412 g/mol. The van der Waals surface area contributed by atoms with Crippen LogP contribution < -0.4 is 5.32 Å². The van der Waals surface area contributed by atoms with Gasteiger partial charge in [-0.3, -0.25) is 9.59 Å². The Labute approximate surface area is 168 Å². The summed E-state index contributed by atoms with van der Waals surface area (Å²) in [4.78, 5) is 23.7. The second-order valence-corrected chi connectivity index (χ2v) is 8.44. The maximum Gasteiger partial charge on any atom is 0.243 e.